The Morgan fingerprint density at radius 1 is 1.16 bits per heavy atom. The Morgan fingerprint density at radius 2 is 1.79 bits per heavy atom. The number of carbonyl (C=O) groups is 1. The minimum absolute atomic E-state index is 0.0181. The average molecular weight is 268 g/mol. The topological polar surface area (TPSA) is 35.5 Å². The van der Waals surface area contributed by atoms with E-state index in [1.54, 1.807) is 12.1 Å². The van der Waals surface area contributed by atoms with E-state index in [2.05, 4.69) is 13.8 Å². The lowest BCUT2D eigenvalue weighted by molar-refractivity contribution is -0.123. The highest BCUT2D eigenvalue weighted by Crippen LogP contribution is 2.04. The average Bonchev–Trinajstić information content (AvgIpc) is 2.36. The molecule has 0 bridgehead atoms. The van der Waals surface area contributed by atoms with Crippen molar-refractivity contribution in [1.29, 1.82) is 0 Å². The first kappa shape index (κ1) is 15.8. The van der Waals surface area contributed by atoms with Gasteiger partial charge in [-0.15, -0.1) is 0 Å². The lowest BCUT2D eigenvalue weighted by Crippen LogP contribution is -2.15. The molecule has 0 saturated carbocycles. The van der Waals surface area contributed by atoms with Gasteiger partial charge in [0.15, 0.2) is 5.78 Å². The number of hydrogen-bond donors (Lipinski definition) is 0. The van der Waals surface area contributed by atoms with Gasteiger partial charge in [-0.2, -0.15) is 0 Å². The first-order chi connectivity index (χ1) is 9.08. The van der Waals surface area contributed by atoms with E-state index in [1.807, 2.05) is 0 Å². The molecule has 3 nitrogen and oxygen atoms in total. The van der Waals surface area contributed by atoms with Crippen LogP contribution in [0.25, 0.3) is 0 Å². The summed E-state index contributed by atoms with van der Waals surface area (Å²) in [6.45, 7) is 5.85. The Labute approximate surface area is 113 Å². The van der Waals surface area contributed by atoms with Crippen molar-refractivity contribution in [2.45, 2.75) is 20.3 Å². The molecule has 0 atom stereocenters. The second-order valence-electron chi connectivity index (χ2n) is 4.86. The monoisotopic (exact) mass is 268 g/mol. The van der Waals surface area contributed by atoms with Crippen molar-refractivity contribution < 1.29 is 18.7 Å². The normalized spacial score (nSPS) is 10.9. The van der Waals surface area contributed by atoms with Crippen LogP contribution in [0.2, 0.25) is 0 Å². The molecule has 0 unspecified atom stereocenters. The maximum Gasteiger partial charge on any atom is 0.162 e. The molecule has 1 aromatic carbocycles. The fourth-order valence-electron chi connectivity index (χ4n) is 1.50. The third-order valence-electron chi connectivity index (χ3n) is 2.40. The summed E-state index contributed by atoms with van der Waals surface area (Å²) in [6, 6.07) is 5.92. The van der Waals surface area contributed by atoms with Gasteiger partial charge in [0, 0.05) is 13.0 Å². The molecule has 0 aliphatic carbocycles. The van der Waals surface area contributed by atoms with Gasteiger partial charge in [-0.1, -0.05) is 26.0 Å². The summed E-state index contributed by atoms with van der Waals surface area (Å²) in [5, 5.41) is 0. The number of benzene rings is 1. The predicted octanol–water partition coefficient (Wildman–Crippen LogP) is 2.63. The molecule has 1 rings (SSSR count). The summed E-state index contributed by atoms with van der Waals surface area (Å²) in [5.74, 6) is 0.185. The van der Waals surface area contributed by atoms with Crippen LogP contribution >= 0.6 is 0 Å². The van der Waals surface area contributed by atoms with Gasteiger partial charge >= 0.3 is 0 Å². The largest absolute Gasteiger partial charge is 0.379 e. The van der Waals surface area contributed by atoms with Gasteiger partial charge in [0.05, 0.1) is 13.2 Å². The van der Waals surface area contributed by atoms with Crippen LogP contribution in [0, 0.1) is 11.7 Å². The minimum atomic E-state index is -0.297. The van der Waals surface area contributed by atoms with E-state index in [1.165, 1.54) is 12.1 Å². The zero-order valence-corrected chi connectivity index (χ0v) is 11.5. The van der Waals surface area contributed by atoms with E-state index in [0.29, 0.717) is 25.7 Å². The molecule has 0 aromatic heterocycles. The Kier molecular flexibility index (Phi) is 7.30. The van der Waals surface area contributed by atoms with Gasteiger partial charge in [0.1, 0.15) is 12.4 Å². The van der Waals surface area contributed by atoms with Gasteiger partial charge < -0.3 is 9.47 Å². The lowest BCUT2D eigenvalue weighted by Gasteiger charge is -2.07. The van der Waals surface area contributed by atoms with Crippen LogP contribution in [-0.4, -0.2) is 32.2 Å². The number of ether oxygens (including phenoxy) is 2. The highest BCUT2D eigenvalue weighted by atomic mass is 19.1. The Balaban J connectivity index is 2.09. The number of rotatable bonds is 9. The second kappa shape index (κ2) is 8.77. The van der Waals surface area contributed by atoms with Gasteiger partial charge in [-0.3, -0.25) is 4.79 Å². The minimum Gasteiger partial charge on any atom is -0.379 e. The Bertz CT molecular complexity index is 373. The van der Waals surface area contributed by atoms with E-state index in [9.17, 15) is 9.18 Å². The van der Waals surface area contributed by atoms with Crippen molar-refractivity contribution in [3.63, 3.8) is 0 Å². The summed E-state index contributed by atoms with van der Waals surface area (Å²) < 4.78 is 23.2. The SMILES string of the molecule is CC(C)COCCOCC(=O)Cc1ccc(F)cc1. The number of halogens is 1. The Hall–Kier alpha value is -1.26. The zero-order valence-electron chi connectivity index (χ0n) is 11.5. The first-order valence-corrected chi connectivity index (χ1v) is 6.49. The molecule has 1 aromatic rings. The summed E-state index contributed by atoms with van der Waals surface area (Å²) in [7, 11) is 0. The molecule has 0 radical (unpaired) electrons. The number of ketones is 1. The van der Waals surface area contributed by atoms with Crippen molar-refractivity contribution >= 4 is 5.78 Å². The lowest BCUT2D eigenvalue weighted by atomic mass is 10.1. The molecule has 106 valence electrons. The third kappa shape index (κ3) is 7.70. The summed E-state index contributed by atoms with van der Waals surface area (Å²) >= 11 is 0. The van der Waals surface area contributed by atoms with E-state index in [-0.39, 0.29) is 24.6 Å². The maximum absolute atomic E-state index is 12.7. The Morgan fingerprint density at radius 3 is 2.42 bits per heavy atom. The van der Waals surface area contributed by atoms with Crippen LogP contribution in [0.1, 0.15) is 19.4 Å². The molecule has 0 saturated heterocycles. The van der Waals surface area contributed by atoms with Crippen LogP contribution in [0.3, 0.4) is 0 Å². The van der Waals surface area contributed by atoms with Crippen molar-refractivity contribution in [2.24, 2.45) is 5.92 Å². The fourth-order valence-corrected chi connectivity index (χ4v) is 1.50. The summed E-state index contributed by atoms with van der Waals surface area (Å²) in [4.78, 5) is 11.6. The van der Waals surface area contributed by atoms with E-state index in [0.717, 1.165) is 5.56 Å². The van der Waals surface area contributed by atoms with E-state index >= 15 is 0 Å². The molecule has 0 fully saturated rings. The molecule has 19 heavy (non-hydrogen) atoms. The van der Waals surface area contributed by atoms with Crippen molar-refractivity contribution in [1.82, 2.24) is 0 Å². The van der Waals surface area contributed by atoms with Crippen LogP contribution in [-0.2, 0) is 20.7 Å². The van der Waals surface area contributed by atoms with Gasteiger partial charge in [0.2, 0.25) is 0 Å². The molecule has 0 N–H and O–H groups in total. The van der Waals surface area contributed by atoms with Crippen LogP contribution in [0.5, 0.6) is 0 Å². The standard InChI is InChI=1S/C15H21FO3/c1-12(2)10-18-7-8-19-11-15(17)9-13-3-5-14(16)6-4-13/h3-6,12H,7-11H2,1-2H3. The van der Waals surface area contributed by atoms with Gasteiger partial charge in [-0.05, 0) is 23.6 Å². The fraction of sp³-hybridized carbons (Fsp3) is 0.533. The van der Waals surface area contributed by atoms with E-state index < -0.39 is 0 Å². The van der Waals surface area contributed by atoms with Gasteiger partial charge in [0.25, 0.3) is 0 Å². The number of hydrogen-bond acceptors (Lipinski definition) is 3. The third-order valence-corrected chi connectivity index (χ3v) is 2.40. The number of Topliss-reactive ketones (excluding diaryl/α,β-unsaturated/α-hetero) is 1. The molecule has 4 heteroatoms. The quantitative estimate of drug-likeness (QED) is 0.646. The van der Waals surface area contributed by atoms with Gasteiger partial charge in [-0.25, -0.2) is 4.39 Å². The summed E-state index contributed by atoms with van der Waals surface area (Å²) in [6.07, 6.45) is 0.271. The smallest absolute Gasteiger partial charge is 0.162 e. The molecule has 0 heterocycles. The molecule has 0 aliphatic rings. The number of carbonyl (C=O) groups excluding carboxylic acids is 1. The van der Waals surface area contributed by atoms with Crippen LogP contribution < -0.4 is 0 Å². The second-order valence-corrected chi connectivity index (χ2v) is 4.86. The zero-order chi connectivity index (χ0) is 14.1. The molecule has 0 amide bonds. The van der Waals surface area contributed by atoms with Crippen molar-refractivity contribution in [2.75, 3.05) is 26.4 Å². The van der Waals surface area contributed by atoms with Crippen LogP contribution in [0.4, 0.5) is 4.39 Å². The van der Waals surface area contributed by atoms with Crippen LogP contribution in [0.15, 0.2) is 24.3 Å². The highest BCUT2D eigenvalue weighted by molar-refractivity contribution is 5.82. The van der Waals surface area contributed by atoms with E-state index in [4.69, 9.17) is 9.47 Å². The molecular weight excluding hydrogens is 247 g/mol. The summed E-state index contributed by atoms with van der Waals surface area (Å²) in [5.41, 5.74) is 0.797. The molecule has 0 aliphatic heterocycles. The van der Waals surface area contributed by atoms with Crippen molar-refractivity contribution in [3.05, 3.63) is 35.6 Å². The maximum atomic E-state index is 12.7. The highest BCUT2D eigenvalue weighted by Gasteiger charge is 2.04. The molecular formula is C15H21FO3. The first-order valence-electron chi connectivity index (χ1n) is 6.49. The predicted molar refractivity (Wildman–Crippen MR) is 71.6 cm³/mol. The van der Waals surface area contributed by atoms with Crippen molar-refractivity contribution in [3.8, 4) is 0 Å². The molecule has 0 spiro atoms.